The predicted molar refractivity (Wildman–Crippen MR) is 64.9 cm³/mol. The normalized spacial score (nSPS) is 24.8. The van der Waals surface area contributed by atoms with Crippen molar-refractivity contribution in [2.75, 3.05) is 0 Å². The lowest BCUT2D eigenvalue weighted by Gasteiger charge is -2.21. The van der Waals surface area contributed by atoms with Gasteiger partial charge in [0.15, 0.2) is 0 Å². The molecule has 2 nitrogen and oxygen atoms in total. The SMILES string of the molecule is Cc1ccc(C)c(O[C@H]2CCC[C@@H]2O)c1C. The van der Waals surface area contributed by atoms with Crippen LogP contribution in [0.25, 0.3) is 0 Å². The summed E-state index contributed by atoms with van der Waals surface area (Å²) in [6, 6.07) is 4.20. The van der Waals surface area contributed by atoms with Crippen LogP contribution in [0.4, 0.5) is 0 Å². The van der Waals surface area contributed by atoms with Crippen molar-refractivity contribution in [3.8, 4) is 5.75 Å². The Labute approximate surface area is 97.3 Å². The monoisotopic (exact) mass is 220 g/mol. The molecule has 1 fully saturated rings. The molecule has 0 heterocycles. The first-order valence-corrected chi connectivity index (χ1v) is 6.01. The molecule has 88 valence electrons. The smallest absolute Gasteiger partial charge is 0.125 e. The third-order valence-corrected chi connectivity index (χ3v) is 3.56. The maximum Gasteiger partial charge on any atom is 0.125 e. The summed E-state index contributed by atoms with van der Waals surface area (Å²) in [5.74, 6) is 0.964. The quantitative estimate of drug-likeness (QED) is 0.830. The number of aliphatic hydroxyl groups excluding tert-OH is 1. The third-order valence-electron chi connectivity index (χ3n) is 3.56. The third kappa shape index (κ3) is 2.07. The molecular formula is C14H20O2. The second kappa shape index (κ2) is 4.46. The van der Waals surface area contributed by atoms with Crippen molar-refractivity contribution in [3.05, 3.63) is 28.8 Å². The first-order valence-electron chi connectivity index (χ1n) is 6.01. The lowest BCUT2D eigenvalue weighted by molar-refractivity contribution is 0.0595. The van der Waals surface area contributed by atoms with Crippen molar-refractivity contribution in [2.45, 2.75) is 52.2 Å². The summed E-state index contributed by atoms with van der Waals surface area (Å²) in [7, 11) is 0. The van der Waals surface area contributed by atoms with Gasteiger partial charge >= 0.3 is 0 Å². The minimum atomic E-state index is -0.292. The van der Waals surface area contributed by atoms with Gasteiger partial charge in [-0.25, -0.2) is 0 Å². The van der Waals surface area contributed by atoms with E-state index in [1.807, 2.05) is 0 Å². The summed E-state index contributed by atoms with van der Waals surface area (Å²) in [5.41, 5.74) is 3.59. The summed E-state index contributed by atoms with van der Waals surface area (Å²) in [6.07, 6.45) is 2.59. The number of hydrogen-bond acceptors (Lipinski definition) is 2. The van der Waals surface area contributed by atoms with Gasteiger partial charge in [-0.15, -0.1) is 0 Å². The van der Waals surface area contributed by atoms with E-state index in [1.54, 1.807) is 0 Å². The van der Waals surface area contributed by atoms with E-state index >= 15 is 0 Å². The van der Waals surface area contributed by atoms with Crippen molar-refractivity contribution in [2.24, 2.45) is 0 Å². The summed E-state index contributed by atoms with van der Waals surface area (Å²) in [5, 5.41) is 9.78. The molecule has 1 N–H and O–H groups in total. The molecule has 0 bridgehead atoms. The Hall–Kier alpha value is -1.02. The molecule has 16 heavy (non-hydrogen) atoms. The second-order valence-electron chi connectivity index (χ2n) is 4.81. The number of benzene rings is 1. The summed E-state index contributed by atoms with van der Waals surface area (Å²) < 4.78 is 5.98. The van der Waals surface area contributed by atoms with E-state index in [0.29, 0.717) is 0 Å². The molecule has 1 aromatic rings. The second-order valence-corrected chi connectivity index (χ2v) is 4.81. The number of aliphatic hydroxyl groups is 1. The molecule has 0 unspecified atom stereocenters. The molecule has 1 saturated carbocycles. The van der Waals surface area contributed by atoms with E-state index in [4.69, 9.17) is 4.74 Å². The van der Waals surface area contributed by atoms with Crippen LogP contribution in [0, 0.1) is 20.8 Å². The van der Waals surface area contributed by atoms with Crippen LogP contribution in [-0.2, 0) is 0 Å². The molecule has 0 amide bonds. The van der Waals surface area contributed by atoms with Crippen LogP contribution in [0.15, 0.2) is 12.1 Å². The molecule has 0 spiro atoms. The molecule has 2 rings (SSSR count). The standard InChI is InChI=1S/C14H20O2/c1-9-7-8-10(2)14(11(9)3)16-13-6-4-5-12(13)15/h7-8,12-13,15H,4-6H2,1-3H3/t12-,13-/m0/s1. The lowest BCUT2D eigenvalue weighted by Crippen LogP contribution is -2.26. The van der Waals surface area contributed by atoms with Gasteiger partial charge in [0.25, 0.3) is 0 Å². The van der Waals surface area contributed by atoms with Crippen molar-refractivity contribution in [1.82, 2.24) is 0 Å². The zero-order valence-corrected chi connectivity index (χ0v) is 10.3. The lowest BCUT2D eigenvalue weighted by atomic mass is 10.1. The van der Waals surface area contributed by atoms with Crippen molar-refractivity contribution >= 4 is 0 Å². The van der Waals surface area contributed by atoms with Gasteiger partial charge in [0.05, 0.1) is 6.10 Å². The van der Waals surface area contributed by atoms with E-state index in [1.165, 1.54) is 11.1 Å². The molecule has 2 heteroatoms. The molecule has 2 atom stereocenters. The van der Waals surface area contributed by atoms with Gasteiger partial charge in [-0.05, 0) is 56.7 Å². The molecular weight excluding hydrogens is 200 g/mol. The summed E-state index contributed by atoms with van der Waals surface area (Å²) in [4.78, 5) is 0. The van der Waals surface area contributed by atoms with Crippen LogP contribution in [-0.4, -0.2) is 17.3 Å². The van der Waals surface area contributed by atoms with Gasteiger partial charge in [0.2, 0.25) is 0 Å². The van der Waals surface area contributed by atoms with Gasteiger partial charge in [-0.3, -0.25) is 0 Å². The highest BCUT2D eigenvalue weighted by Crippen LogP contribution is 2.30. The van der Waals surface area contributed by atoms with Crippen LogP contribution in [0.5, 0.6) is 5.75 Å². The Morgan fingerprint density at radius 2 is 1.81 bits per heavy atom. The van der Waals surface area contributed by atoms with Crippen molar-refractivity contribution in [3.63, 3.8) is 0 Å². The van der Waals surface area contributed by atoms with Crippen LogP contribution in [0.2, 0.25) is 0 Å². The van der Waals surface area contributed by atoms with E-state index in [0.717, 1.165) is 30.6 Å². The molecule has 0 saturated heterocycles. The Balaban J connectivity index is 2.23. The van der Waals surface area contributed by atoms with E-state index in [-0.39, 0.29) is 12.2 Å². The van der Waals surface area contributed by atoms with Gasteiger partial charge in [-0.2, -0.15) is 0 Å². The Bertz CT molecular complexity index is 385. The number of ether oxygens (including phenoxy) is 1. The van der Waals surface area contributed by atoms with E-state index in [2.05, 4.69) is 32.9 Å². The van der Waals surface area contributed by atoms with Crippen LogP contribution >= 0.6 is 0 Å². The minimum Gasteiger partial charge on any atom is -0.487 e. The average Bonchev–Trinajstić information content (AvgIpc) is 2.65. The zero-order valence-electron chi connectivity index (χ0n) is 10.3. The first kappa shape index (κ1) is 11.5. The summed E-state index contributed by atoms with van der Waals surface area (Å²) in [6.45, 7) is 6.23. The number of hydrogen-bond donors (Lipinski definition) is 1. The molecule has 1 aromatic carbocycles. The Morgan fingerprint density at radius 3 is 2.44 bits per heavy atom. The van der Waals surface area contributed by atoms with E-state index in [9.17, 15) is 5.11 Å². The molecule has 0 aliphatic heterocycles. The maximum absolute atomic E-state index is 9.78. The minimum absolute atomic E-state index is 0.0146. The molecule has 1 aliphatic carbocycles. The molecule has 0 radical (unpaired) electrons. The fourth-order valence-corrected chi connectivity index (χ4v) is 2.30. The van der Waals surface area contributed by atoms with Crippen molar-refractivity contribution < 1.29 is 9.84 Å². The van der Waals surface area contributed by atoms with Crippen LogP contribution in [0.3, 0.4) is 0 Å². The maximum atomic E-state index is 9.78. The Morgan fingerprint density at radius 1 is 1.12 bits per heavy atom. The molecule has 0 aromatic heterocycles. The van der Waals surface area contributed by atoms with Crippen molar-refractivity contribution in [1.29, 1.82) is 0 Å². The largest absolute Gasteiger partial charge is 0.487 e. The zero-order chi connectivity index (χ0) is 11.7. The predicted octanol–water partition coefficient (Wildman–Crippen LogP) is 2.90. The van der Waals surface area contributed by atoms with Gasteiger partial charge < -0.3 is 9.84 Å². The van der Waals surface area contributed by atoms with Gasteiger partial charge in [0, 0.05) is 0 Å². The fourth-order valence-electron chi connectivity index (χ4n) is 2.30. The topological polar surface area (TPSA) is 29.5 Å². The highest BCUT2D eigenvalue weighted by molar-refractivity contribution is 5.44. The average molecular weight is 220 g/mol. The highest BCUT2D eigenvalue weighted by Gasteiger charge is 2.27. The fraction of sp³-hybridized carbons (Fsp3) is 0.571. The molecule has 1 aliphatic rings. The van der Waals surface area contributed by atoms with Gasteiger partial charge in [-0.1, -0.05) is 12.1 Å². The van der Waals surface area contributed by atoms with Crippen LogP contribution < -0.4 is 4.74 Å². The summed E-state index contributed by atoms with van der Waals surface area (Å²) >= 11 is 0. The highest BCUT2D eigenvalue weighted by atomic mass is 16.5. The first-order chi connectivity index (χ1) is 7.59. The van der Waals surface area contributed by atoms with E-state index < -0.39 is 0 Å². The number of rotatable bonds is 2. The Kier molecular flexibility index (Phi) is 3.20. The van der Waals surface area contributed by atoms with Gasteiger partial charge in [0.1, 0.15) is 11.9 Å². The number of aryl methyl sites for hydroxylation is 2. The van der Waals surface area contributed by atoms with Crippen LogP contribution in [0.1, 0.15) is 36.0 Å².